The fourth-order valence-corrected chi connectivity index (χ4v) is 4.67. The first kappa shape index (κ1) is 25.8. The van der Waals surface area contributed by atoms with Gasteiger partial charge < -0.3 is 14.5 Å². The third kappa shape index (κ3) is 7.36. The zero-order valence-electron chi connectivity index (χ0n) is 19.6. The maximum atomic E-state index is 14.6. The van der Waals surface area contributed by atoms with Gasteiger partial charge in [0.15, 0.2) is 0 Å². The minimum absolute atomic E-state index is 0.129. The van der Waals surface area contributed by atoms with Crippen molar-refractivity contribution in [2.45, 2.75) is 6.54 Å². The summed E-state index contributed by atoms with van der Waals surface area (Å²) >= 11 is 6.74. The maximum absolute atomic E-state index is 14.6. The summed E-state index contributed by atoms with van der Waals surface area (Å²) in [5.41, 5.74) is 1.04. The van der Waals surface area contributed by atoms with Crippen molar-refractivity contribution in [2.75, 3.05) is 46.3 Å². The summed E-state index contributed by atoms with van der Waals surface area (Å²) in [4.78, 5) is 19.9. The van der Waals surface area contributed by atoms with Crippen LogP contribution in [0.2, 0.25) is 0 Å². The number of halogens is 3. The molecule has 0 unspecified atom stereocenters. The average Bonchev–Trinajstić information content (AvgIpc) is 2.84. The Labute approximate surface area is 222 Å². The number of ether oxygens (including phenoxy) is 1. The molecule has 0 spiro atoms. The molecule has 0 radical (unpaired) electrons. The molecule has 1 aliphatic rings. The first-order valence-corrected chi connectivity index (χ1v) is 13.1. The highest BCUT2D eigenvalue weighted by Gasteiger charge is 2.21. The van der Waals surface area contributed by atoms with Crippen LogP contribution in [0.15, 0.2) is 75.7 Å². The number of carbonyl (C=O) groups excluding carboxylic acids is 1. The summed E-state index contributed by atoms with van der Waals surface area (Å²) in [7, 11) is 2.12. The predicted molar refractivity (Wildman–Crippen MR) is 143 cm³/mol. The number of benzene rings is 3. The van der Waals surface area contributed by atoms with Crippen molar-refractivity contribution < 1.29 is 13.9 Å². The molecule has 5 nitrogen and oxygen atoms in total. The van der Waals surface area contributed by atoms with E-state index in [2.05, 4.69) is 48.7 Å². The van der Waals surface area contributed by atoms with E-state index in [1.165, 1.54) is 6.07 Å². The Morgan fingerprint density at radius 3 is 2.34 bits per heavy atom. The molecular weight excluding hydrogens is 577 g/mol. The van der Waals surface area contributed by atoms with Crippen molar-refractivity contribution in [3.05, 3.63) is 92.6 Å². The molecule has 1 heterocycles. The molecule has 3 aromatic carbocycles. The van der Waals surface area contributed by atoms with Crippen molar-refractivity contribution in [1.82, 2.24) is 14.7 Å². The number of carbonyl (C=O) groups is 1. The van der Waals surface area contributed by atoms with Gasteiger partial charge in [0.25, 0.3) is 5.91 Å². The van der Waals surface area contributed by atoms with Gasteiger partial charge in [-0.1, -0.05) is 44.0 Å². The van der Waals surface area contributed by atoms with E-state index in [9.17, 15) is 9.18 Å². The third-order valence-corrected chi connectivity index (χ3v) is 7.07. The summed E-state index contributed by atoms with van der Waals surface area (Å²) in [6, 6.07) is 19.6. The van der Waals surface area contributed by atoms with E-state index in [0.717, 1.165) is 37.2 Å². The zero-order valence-corrected chi connectivity index (χ0v) is 22.8. The number of amides is 1. The SMILES string of the molecule is CN1CCN(CCN(Cc2ccc(Br)cc2F)C(=O)c2ccc(Oc3cccc(Br)c3)cc2)CC1. The van der Waals surface area contributed by atoms with Gasteiger partial charge in [0, 0.05) is 65.9 Å². The lowest BCUT2D eigenvalue weighted by Crippen LogP contribution is -2.47. The summed E-state index contributed by atoms with van der Waals surface area (Å²) < 4.78 is 22.1. The molecule has 0 aromatic heterocycles. The van der Waals surface area contributed by atoms with Crippen LogP contribution in [0.5, 0.6) is 11.5 Å². The number of rotatable bonds is 8. The maximum Gasteiger partial charge on any atom is 0.254 e. The van der Waals surface area contributed by atoms with E-state index in [1.54, 1.807) is 41.3 Å². The highest BCUT2D eigenvalue weighted by atomic mass is 79.9. The lowest BCUT2D eigenvalue weighted by Gasteiger charge is -2.34. The molecule has 1 aliphatic heterocycles. The Bertz CT molecular complexity index is 1150. The van der Waals surface area contributed by atoms with Crippen LogP contribution in [0.1, 0.15) is 15.9 Å². The summed E-state index contributed by atoms with van der Waals surface area (Å²) in [5.74, 6) is 0.894. The molecule has 0 N–H and O–H groups in total. The van der Waals surface area contributed by atoms with Gasteiger partial charge in [-0.05, 0) is 61.6 Å². The Morgan fingerprint density at radius 1 is 0.943 bits per heavy atom. The van der Waals surface area contributed by atoms with E-state index in [-0.39, 0.29) is 18.3 Å². The Kier molecular flexibility index (Phi) is 8.94. The predicted octanol–water partition coefficient (Wildman–Crippen LogP) is 6.03. The third-order valence-electron chi connectivity index (χ3n) is 6.08. The van der Waals surface area contributed by atoms with Crippen LogP contribution in [-0.2, 0) is 6.54 Å². The lowest BCUT2D eigenvalue weighted by molar-refractivity contribution is 0.0699. The largest absolute Gasteiger partial charge is 0.457 e. The number of piperazine rings is 1. The minimum Gasteiger partial charge on any atom is -0.457 e. The molecule has 1 saturated heterocycles. The molecule has 0 aliphatic carbocycles. The first-order valence-electron chi connectivity index (χ1n) is 11.5. The fourth-order valence-electron chi connectivity index (χ4n) is 3.96. The molecule has 0 saturated carbocycles. The molecule has 0 bridgehead atoms. The van der Waals surface area contributed by atoms with Gasteiger partial charge in [0.05, 0.1) is 0 Å². The van der Waals surface area contributed by atoms with Crippen LogP contribution >= 0.6 is 31.9 Å². The van der Waals surface area contributed by atoms with Crippen molar-refractivity contribution in [3.8, 4) is 11.5 Å². The normalized spacial score (nSPS) is 14.6. The van der Waals surface area contributed by atoms with Crippen LogP contribution in [0.25, 0.3) is 0 Å². The Morgan fingerprint density at radius 2 is 1.66 bits per heavy atom. The molecular formula is C27H28Br2FN3O2. The summed E-state index contributed by atoms with van der Waals surface area (Å²) in [6.45, 7) is 5.43. The van der Waals surface area contributed by atoms with Crippen LogP contribution in [0, 0.1) is 5.82 Å². The van der Waals surface area contributed by atoms with Crippen molar-refractivity contribution in [3.63, 3.8) is 0 Å². The number of nitrogens with zero attached hydrogens (tertiary/aromatic N) is 3. The smallest absolute Gasteiger partial charge is 0.254 e. The van der Waals surface area contributed by atoms with Gasteiger partial charge in [-0.15, -0.1) is 0 Å². The van der Waals surface area contributed by atoms with Crippen molar-refractivity contribution >= 4 is 37.8 Å². The number of likely N-dealkylation sites (N-methyl/N-ethyl adjacent to an activating group) is 1. The van der Waals surface area contributed by atoms with E-state index >= 15 is 0 Å². The highest BCUT2D eigenvalue weighted by Crippen LogP contribution is 2.25. The number of hydrogen-bond donors (Lipinski definition) is 0. The molecule has 35 heavy (non-hydrogen) atoms. The topological polar surface area (TPSA) is 36.0 Å². The second-order valence-electron chi connectivity index (χ2n) is 8.69. The molecule has 4 rings (SSSR count). The van der Waals surface area contributed by atoms with Gasteiger partial charge in [0.1, 0.15) is 17.3 Å². The Balaban J connectivity index is 1.48. The van der Waals surface area contributed by atoms with Gasteiger partial charge in [-0.3, -0.25) is 9.69 Å². The lowest BCUT2D eigenvalue weighted by atomic mass is 10.1. The minimum atomic E-state index is -0.324. The second-order valence-corrected chi connectivity index (χ2v) is 10.5. The van der Waals surface area contributed by atoms with E-state index in [0.29, 0.717) is 33.6 Å². The van der Waals surface area contributed by atoms with Gasteiger partial charge in [-0.2, -0.15) is 0 Å². The van der Waals surface area contributed by atoms with Gasteiger partial charge in [-0.25, -0.2) is 4.39 Å². The van der Waals surface area contributed by atoms with Gasteiger partial charge in [0.2, 0.25) is 0 Å². The zero-order chi connectivity index (χ0) is 24.8. The van der Waals surface area contributed by atoms with Crippen LogP contribution in [-0.4, -0.2) is 66.9 Å². The monoisotopic (exact) mass is 603 g/mol. The molecule has 8 heteroatoms. The first-order chi connectivity index (χ1) is 16.9. The van der Waals surface area contributed by atoms with Crippen molar-refractivity contribution in [1.29, 1.82) is 0 Å². The molecule has 3 aromatic rings. The molecule has 184 valence electrons. The van der Waals surface area contributed by atoms with Crippen LogP contribution < -0.4 is 4.74 Å². The fraction of sp³-hybridized carbons (Fsp3) is 0.296. The Hall–Kier alpha value is -2.26. The highest BCUT2D eigenvalue weighted by molar-refractivity contribution is 9.10. The molecule has 0 atom stereocenters. The van der Waals surface area contributed by atoms with E-state index in [1.807, 2.05) is 24.3 Å². The average molecular weight is 605 g/mol. The molecule has 1 fully saturated rings. The van der Waals surface area contributed by atoms with Crippen molar-refractivity contribution in [2.24, 2.45) is 0 Å². The van der Waals surface area contributed by atoms with E-state index in [4.69, 9.17) is 4.74 Å². The van der Waals surface area contributed by atoms with Gasteiger partial charge >= 0.3 is 0 Å². The van der Waals surface area contributed by atoms with Crippen LogP contribution in [0.3, 0.4) is 0 Å². The standard InChI is InChI=1S/C27H28Br2FN3O2/c1-31-11-13-32(14-12-31)15-16-33(19-21-5-8-23(29)18-26(21)30)27(34)20-6-9-24(10-7-20)35-25-4-2-3-22(28)17-25/h2-10,17-18H,11-16,19H2,1H3. The quantitative estimate of drug-likeness (QED) is 0.314. The summed E-state index contributed by atoms with van der Waals surface area (Å²) in [5, 5.41) is 0. The van der Waals surface area contributed by atoms with Crippen LogP contribution in [0.4, 0.5) is 4.39 Å². The number of hydrogen-bond acceptors (Lipinski definition) is 4. The van der Waals surface area contributed by atoms with E-state index < -0.39 is 0 Å². The molecule has 1 amide bonds. The summed E-state index contributed by atoms with van der Waals surface area (Å²) in [6.07, 6.45) is 0. The second kappa shape index (κ2) is 12.1.